The van der Waals surface area contributed by atoms with Crippen LogP contribution in [0.1, 0.15) is 20.8 Å². The van der Waals surface area contributed by atoms with E-state index in [9.17, 15) is 9.59 Å². The number of hydrogen-bond donors (Lipinski definition) is 2. The summed E-state index contributed by atoms with van der Waals surface area (Å²) in [6.45, 7) is 0. The Morgan fingerprint density at radius 2 is 2.05 bits per heavy atom. The first-order valence-electron chi connectivity index (χ1n) is 5.44. The Morgan fingerprint density at radius 1 is 1.30 bits per heavy atom. The summed E-state index contributed by atoms with van der Waals surface area (Å²) < 4.78 is 1.54. The van der Waals surface area contributed by atoms with Crippen molar-refractivity contribution < 1.29 is 14.7 Å². The lowest BCUT2D eigenvalue weighted by molar-refractivity contribution is 0.0692. The van der Waals surface area contributed by atoms with E-state index in [1.54, 1.807) is 18.2 Å². The van der Waals surface area contributed by atoms with E-state index in [4.69, 9.17) is 5.11 Å². The Bertz CT molecular complexity index is 691. The molecule has 0 aliphatic heterocycles. The quantitative estimate of drug-likeness (QED) is 0.708. The first-order valence-corrected chi connectivity index (χ1v) is 7.31. The van der Waals surface area contributed by atoms with Crippen LogP contribution in [-0.2, 0) is 0 Å². The Morgan fingerprint density at radius 3 is 2.75 bits per heavy atom. The van der Waals surface area contributed by atoms with Crippen LogP contribution in [0.25, 0.3) is 0 Å². The van der Waals surface area contributed by atoms with E-state index in [1.165, 1.54) is 12.3 Å². The molecule has 0 aliphatic rings. The minimum absolute atomic E-state index is 0.163. The molecule has 20 heavy (non-hydrogen) atoms. The van der Waals surface area contributed by atoms with Gasteiger partial charge in [0.2, 0.25) is 0 Å². The number of nitrogens with zero attached hydrogens (tertiary/aromatic N) is 1. The third kappa shape index (κ3) is 3.34. The number of carboxylic acids is 1. The second kappa shape index (κ2) is 6.31. The van der Waals surface area contributed by atoms with Crippen LogP contribution < -0.4 is 5.32 Å². The minimum atomic E-state index is -1.19. The molecule has 5 nitrogen and oxygen atoms in total. The lowest BCUT2D eigenvalue weighted by Gasteiger charge is -2.09. The fourth-order valence-corrected chi connectivity index (χ4v) is 2.46. The van der Waals surface area contributed by atoms with Crippen LogP contribution in [0.15, 0.2) is 41.0 Å². The Hall–Kier alpha value is -1.48. The molecule has 1 aromatic carbocycles. The molecule has 0 bridgehead atoms. The van der Waals surface area contributed by atoms with Crippen molar-refractivity contribution in [1.82, 2.24) is 4.98 Å². The third-order valence-electron chi connectivity index (χ3n) is 2.43. The zero-order valence-corrected chi connectivity index (χ0v) is 13.7. The fourth-order valence-electron chi connectivity index (χ4n) is 1.54. The summed E-state index contributed by atoms with van der Waals surface area (Å²) in [6.07, 6.45) is 1.36. The van der Waals surface area contributed by atoms with Gasteiger partial charge in [0.25, 0.3) is 5.91 Å². The maximum Gasteiger partial charge on any atom is 0.356 e. The number of halogens is 2. The molecule has 1 amide bonds. The third-order valence-corrected chi connectivity index (χ3v) is 3.79. The van der Waals surface area contributed by atoms with Crippen molar-refractivity contribution in [3.05, 3.63) is 55.8 Å². The Kier molecular flexibility index (Phi) is 4.71. The van der Waals surface area contributed by atoms with Crippen LogP contribution in [0.2, 0.25) is 0 Å². The van der Waals surface area contributed by atoms with Gasteiger partial charge in [0.05, 0.1) is 11.3 Å². The highest BCUT2D eigenvalue weighted by Gasteiger charge is 2.16. The maximum absolute atomic E-state index is 12.2. The SMILES string of the molecule is O=C(Nc1cccnc1C(=O)O)c1cc(I)ccc1Br. The van der Waals surface area contributed by atoms with Gasteiger partial charge in [0.15, 0.2) is 5.69 Å². The number of aromatic carboxylic acids is 1. The van der Waals surface area contributed by atoms with Crippen LogP contribution >= 0.6 is 38.5 Å². The molecule has 2 N–H and O–H groups in total. The van der Waals surface area contributed by atoms with Crippen molar-refractivity contribution in [3.63, 3.8) is 0 Å². The van der Waals surface area contributed by atoms with Gasteiger partial charge in [-0.25, -0.2) is 9.78 Å². The first kappa shape index (κ1) is 14.9. The van der Waals surface area contributed by atoms with Crippen molar-refractivity contribution in [2.45, 2.75) is 0 Å². The van der Waals surface area contributed by atoms with Crippen LogP contribution in [0.4, 0.5) is 5.69 Å². The summed E-state index contributed by atoms with van der Waals surface area (Å²) in [7, 11) is 0. The predicted molar refractivity (Wildman–Crippen MR) is 86.0 cm³/mol. The summed E-state index contributed by atoms with van der Waals surface area (Å²) in [5.41, 5.74) is 0.399. The zero-order chi connectivity index (χ0) is 14.7. The second-order valence-electron chi connectivity index (χ2n) is 3.78. The summed E-state index contributed by atoms with van der Waals surface area (Å²) in [6, 6.07) is 8.38. The maximum atomic E-state index is 12.2. The highest BCUT2D eigenvalue weighted by atomic mass is 127. The van der Waals surface area contributed by atoms with Gasteiger partial charge >= 0.3 is 5.97 Å². The number of nitrogens with one attached hydrogen (secondary N) is 1. The number of hydrogen-bond acceptors (Lipinski definition) is 3. The molecule has 1 heterocycles. The summed E-state index contributed by atoms with van der Waals surface area (Å²) >= 11 is 5.39. The van der Waals surface area contributed by atoms with Gasteiger partial charge in [0, 0.05) is 14.2 Å². The van der Waals surface area contributed by atoms with Crippen molar-refractivity contribution in [3.8, 4) is 0 Å². The molecule has 0 radical (unpaired) electrons. The number of rotatable bonds is 3. The van der Waals surface area contributed by atoms with E-state index in [0.29, 0.717) is 10.0 Å². The van der Waals surface area contributed by atoms with Crippen LogP contribution in [0.3, 0.4) is 0 Å². The Balaban J connectivity index is 2.33. The standard InChI is InChI=1S/C13H8BrIN2O3/c14-9-4-3-7(15)6-8(9)12(18)17-10-2-1-5-16-11(10)13(19)20/h1-6H,(H,17,18)(H,19,20). The zero-order valence-electron chi connectivity index (χ0n) is 9.93. The molecule has 1 aromatic heterocycles. The number of carbonyl (C=O) groups excluding carboxylic acids is 1. The van der Waals surface area contributed by atoms with Crippen molar-refractivity contribution in [2.75, 3.05) is 5.32 Å². The molecule has 0 spiro atoms. The van der Waals surface area contributed by atoms with Crippen molar-refractivity contribution in [1.29, 1.82) is 0 Å². The van der Waals surface area contributed by atoms with Crippen LogP contribution in [0, 0.1) is 3.57 Å². The molecule has 0 saturated heterocycles. The molecule has 0 aliphatic carbocycles. The first-order chi connectivity index (χ1) is 9.49. The lowest BCUT2D eigenvalue weighted by atomic mass is 10.2. The van der Waals surface area contributed by atoms with E-state index >= 15 is 0 Å². The van der Waals surface area contributed by atoms with Gasteiger partial charge in [-0.3, -0.25) is 4.79 Å². The molecular weight excluding hydrogens is 439 g/mol. The average molecular weight is 447 g/mol. The molecule has 0 unspecified atom stereocenters. The normalized spacial score (nSPS) is 10.1. The lowest BCUT2D eigenvalue weighted by Crippen LogP contribution is -2.16. The fraction of sp³-hybridized carbons (Fsp3) is 0. The van der Waals surface area contributed by atoms with Crippen LogP contribution in [-0.4, -0.2) is 22.0 Å². The summed E-state index contributed by atoms with van der Waals surface area (Å²) in [5, 5.41) is 11.6. The Labute approximate surface area is 136 Å². The molecule has 2 aromatic rings. The second-order valence-corrected chi connectivity index (χ2v) is 5.88. The van der Waals surface area contributed by atoms with Crippen LogP contribution in [0.5, 0.6) is 0 Å². The monoisotopic (exact) mass is 446 g/mol. The number of carboxylic acid groups (broad SMARTS) is 1. The average Bonchev–Trinajstić information content (AvgIpc) is 2.41. The van der Waals surface area contributed by atoms with Crippen molar-refractivity contribution >= 4 is 56.1 Å². The number of pyridine rings is 1. The number of carbonyl (C=O) groups is 2. The molecule has 0 atom stereocenters. The molecular formula is C13H8BrIN2O3. The van der Waals surface area contributed by atoms with E-state index in [1.807, 2.05) is 6.07 Å². The van der Waals surface area contributed by atoms with E-state index in [0.717, 1.165) is 3.57 Å². The van der Waals surface area contributed by atoms with E-state index in [-0.39, 0.29) is 11.4 Å². The number of benzene rings is 1. The smallest absolute Gasteiger partial charge is 0.356 e. The molecule has 0 fully saturated rings. The number of amides is 1. The van der Waals surface area contributed by atoms with Gasteiger partial charge in [-0.15, -0.1) is 0 Å². The summed E-state index contributed by atoms with van der Waals surface area (Å²) in [5.74, 6) is -1.59. The molecule has 0 saturated carbocycles. The van der Waals surface area contributed by atoms with E-state index in [2.05, 4.69) is 48.8 Å². The van der Waals surface area contributed by atoms with Gasteiger partial charge in [0.1, 0.15) is 0 Å². The van der Waals surface area contributed by atoms with Gasteiger partial charge in [-0.1, -0.05) is 0 Å². The largest absolute Gasteiger partial charge is 0.476 e. The van der Waals surface area contributed by atoms with Gasteiger partial charge in [-0.05, 0) is 68.9 Å². The van der Waals surface area contributed by atoms with Gasteiger partial charge in [-0.2, -0.15) is 0 Å². The van der Waals surface area contributed by atoms with Gasteiger partial charge < -0.3 is 10.4 Å². The highest BCUT2D eigenvalue weighted by Crippen LogP contribution is 2.21. The topological polar surface area (TPSA) is 79.3 Å². The van der Waals surface area contributed by atoms with Crippen molar-refractivity contribution in [2.24, 2.45) is 0 Å². The predicted octanol–water partition coefficient (Wildman–Crippen LogP) is 3.40. The minimum Gasteiger partial charge on any atom is -0.476 e. The van der Waals surface area contributed by atoms with E-state index < -0.39 is 11.9 Å². The number of anilines is 1. The number of aromatic nitrogens is 1. The molecule has 102 valence electrons. The highest BCUT2D eigenvalue weighted by molar-refractivity contribution is 14.1. The summed E-state index contributed by atoms with van der Waals surface area (Å²) in [4.78, 5) is 27.0. The molecule has 2 rings (SSSR count). The molecule has 7 heteroatoms.